The van der Waals surface area contributed by atoms with E-state index in [9.17, 15) is 0 Å². The fraction of sp³-hybridized carbons (Fsp3) is 0.583. The lowest BCUT2D eigenvalue weighted by molar-refractivity contribution is 0.625. The molecule has 0 saturated heterocycles. The van der Waals surface area contributed by atoms with Gasteiger partial charge in [0.1, 0.15) is 11.3 Å². The predicted molar refractivity (Wildman–Crippen MR) is 132 cm³/mol. The van der Waals surface area contributed by atoms with E-state index in [-0.39, 0.29) is 0 Å². The van der Waals surface area contributed by atoms with Crippen LogP contribution in [0.15, 0.2) is 24.3 Å². The minimum absolute atomic E-state index is 0.533. The van der Waals surface area contributed by atoms with Gasteiger partial charge >= 0.3 is 0 Å². The predicted octanol–water partition coefficient (Wildman–Crippen LogP) is 6.11. The summed E-state index contributed by atoms with van der Waals surface area (Å²) in [7, 11) is 0. The van der Waals surface area contributed by atoms with Crippen LogP contribution in [0, 0.1) is 0 Å². The molecule has 2 heterocycles. The number of pyridine rings is 1. The third-order valence-corrected chi connectivity index (χ3v) is 6.48. The molecule has 3 rings (SSSR count). The fourth-order valence-corrected chi connectivity index (χ4v) is 4.66. The Bertz CT molecular complexity index is 921. The van der Waals surface area contributed by atoms with Crippen molar-refractivity contribution >= 4 is 39.7 Å². The molecule has 0 saturated carbocycles. The first-order valence-electron chi connectivity index (χ1n) is 11.6. The number of imidazole rings is 1. The van der Waals surface area contributed by atoms with Crippen molar-refractivity contribution in [3.63, 3.8) is 0 Å². The number of nitrogens with one attached hydrogen (secondary N) is 1. The zero-order valence-electron chi connectivity index (χ0n) is 18.6. The van der Waals surface area contributed by atoms with Gasteiger partial charge in [-0.3, -0.25) is 4.72 Å². The number of aromatic nitrogens is 3. The number of rotatable bonds is 14. The lowest BCUT2D eigenvalue weighted by Crippen LogP contribution is -2.16. The number of fused-ring (bicyclic) bond motifs is 3. The first-order chi connectivity index (χ1) is 14.8. The van der Waals surface area contributed by atoms with Crippen LogP contribution < -0.4 is 10.5 Å². The number of nitrogen functional groups attached to an aromatic ring is 1. The third-order valence-electron chi connectivity index (χ3n) is 5.58. The summed E-state index contributed by atoms with van der Waals surface area (Å²) in [6, 6.07) is 8.24. The molecule has 0 aliphatic carbocycles. The lowest BCUT2D eigenvalue weighted by atomic mass is 10.1. The van der Waals surface area contributed by atoms with Crippen molar-refractivity contribution in [2.75, 3.05) is 18.0 Å². The maximum absolute atomic E-state index is 6.28. The SMILES string of the molecule is CCCCCCCCSNCCn1c(CCCC)nc2c(N)nc3ccccc3c21. The second-order valence-corrected chi connectivity index (χ2v) is 8.99. The highest BCUT2D eigenvalue weighted by Crippen LogP contribution is 2.29. The van der Waals surface area contributed by atoms with Gasteiger partial charge in [-0.25, -0.2) is 9.97 Å². The van der Waals surface area contributed by atoms with Gasteiger partial charge in [-0.05, 0) is 18.9 Å². The second kappa shape index (κ2) is 12.2. The molecule has 6 heteroatoms. The van der Waals surface area contributed by atoms with E-state index in [1.165, 1.54) is 44.3 Å². The zero-order valence-corrected chi connectivity index (χ0v) is 19.4. The van der Waals surface area contributed by atoms with E-state index in [1.807, 2.05) is 24.1 Å². The Morgan fingerprint density at radius 1 is 0.967 bits per heavy atom. The summed E-state index contributed by atoms with van der Waals surface area (Å²) in [5.74, 6) is 2.84. The Hall–Kier alpha value is -1.79. The molecule has 3 aromatic rings. The Labute approximate surface area is 185 Å². The van der Waals surface area contributed by atoms with Crippen LogP contribution in [0.4, 0.5) is 5.82 Å². The van der Waals surface area contributed by atoms with Crippen molar-refractivity contribution in [2.45, 2.75) is 78.2 Å². The number of unbranched alkanes of at least 4 members (excludes halogenated alkanes) is 6. The Morgan fingerprint density at radius 2 is 1.73 bits per heavy atom. The van der Waals surface area contributed by atoms with Crippen LogP contribution in [0.2, 0.25) is 0 Å². The molecule has 0 aliphatic heterocycles. The topological polar surface area (TPSA) is 68.8 Å². The number of para-hydroxylation sites is 1. The molecule has 0 amide bonds. The van der Waals surface area contributed by atoms with Gasteiger partial charge < -0.3 is 10.3 Å². The number of hydrogen-bond donors (Lipinski definition) is 2. The van der Waals surface area contributed by atoms with Gasteiger partial charge in [0.25, 0.3) is 0 Å². The van der Waals surface area contributed by atoms with Crippen LogP contribution in [0.1, 0.15) is 71.0 Å². The van der Waals surface area contributed by atoms with Crippen LogP contribution in [0.25, 0.3) is 21.9 Å². The second-order valence-electron chi connectivity index (χ2n) is 8.01. The summed E-state index contributed by atoms with van der Waals surface area (Å²) in [5, 5.41) is 1.14. The molecule has 0 fully saturated rings. The van der Waals surface area contributed by atoms with Crippen molar-refractivity contribution in [1.29, 1.82) is 0 Å². The number of nitrogens with zero attached hydrogens (tertiary/aromatic N) is 3. The number of benzene rings is 1. The van der Waals surface area contributed by atoms with Crippen molar-refractivity contribution in [3.05, 3.63) is 30.1 Å². The van der Waals surface area contributed by atoms with Crippen LogP contribution >= 0.6 is 11.9 Å². The molecular formula is C24H37N5S. The van der Waals surface area contributed by atoms with Gasteiger partial charge in [-0.15, -0.1) is 0 Å². The first kappa shape index (κ1) is 22.9. The molecule has 2 aromatic heterocycles. The minimum atomic E-state index is 0.533. The van der Waals surface area contributed by atoms with Gasteiger partial charge in [-0.2, -0.15) is 0 Å². The van der Waals surface area contributed by atoms with Crippen LogP contribution in [-0.4, -0.2) is 26.8 Å². The van der Waals surface area contributed by atoms with Gasteiger partial charge in [0.2, 0.25) is 0 Å². The molecule has 0 unspecified atom stereocenters. The Balaban J connectivity index is 1.65. The van der Waals surface area contributed by atoms with E-state index in [4.69, 9.17) is 10.7 Å². The standard InChI is InChI=1S/C24H37N5S/c1-3-5-7-8-9-12-18-30-26-16-17-29-21(15-6-4-2)28-22-23(29)19-13-10-11-14-20(19)27-24(22)25/h10-11,13-14,26H,3-9,12,15-18H2,1-2H3,(H2,25,27). The maximum Gasteiger partial charge on any atom is 0.152 e. The monoisotopic (exact) mass is 427 g/mol. The van der Waals surface area contributed by atoms with E-state index in [1.54, 1.807) is 0 Å². The molecule has 0 bridgehead atoms. The quantitative estimate of drug-likeness (QED) is 0.240. The molecule has 164 valence electrons. The first-order valence-corrected chi connectivity index (χ1v) is 12.6. The van der Waals surface area contributed by atoms with Crippen LogP contribution in [-0.2, 0) is 13.0 Å². The van der Waals surface area contributed by atoms with Crippen molar-refractivity contribution in [3.8, 4) is 0 Å². The van der Waals surface area contributed by atoms with Crippen molar-refractivity contribution in [1.82, 2.24) is 19.3 Å². The van der Waals surface area contributed by atoms with Crippen LogP contribution in [0.3, 0.4) is 0 Å². The summed E-state index contributed by atoms with van der Waals surface area (Å²) in [4.78, 5) is 9.48. The van der Waals surface area contributed by atoms with Gasteiger partial charge in [-0.1, -0.05) is 82.5 Å². The molecule has 5 nitrogen and oxygen atoms in total. The largest absolute Gasteiger partial charge is 0.382 e. The highest BCUT2D eigenvalue weighted by Gasteiger charge is 2.16. The van der Waals surface area contributed by atoms with E-state index < -0.39 is 0 Å². The van der Waals surface area contributed by atoms with Gasteiger partial charge in [0.15, 0.2) is 5.82 Å². The summed E-state index contributed by atoms with van der Waals surface area (Å²) in [6.45, 7) is 6.30. The number of nitrogens with two attached hydrogens (primary N) is 1. The number of aryl methyl sites for hydroxylation is 1. The highest BCUT2D eigenvalue weighted by molar-refractivity contribution is 7.97. The van der Waals surface area contributed by atoms with E-state index >= 15 is 0 Å². The summed E-state index contributed by atoms with van der Waals surface area (Å²) in [5.41, 5.74) is 9.20. The average molecular weight is 428 g/mol. The van der Waals surface area contributed by atoms with E-state index in [0.717, 1.165) is 60.1 Å². The number of anilines is 1. The van der Waals surface area contributed by atoms with Gasteiger partial charge in [0, 0.05) is 30.6 Å². The molecule has 0 atom stereocenters. The molecule has 0 spiro atoms. The lowest BCUT2D eigenvalue weighted by Gasteiger charge is -2.11. The smallest absolute Gasteiger partial charge is 0.152 e. The van der Waals surface area contributed by atoms with Crippen molar-refractivity contribution < 1.29 is 0 Å². The summed E-state index contributed by atoms with van der Waals surface area (Å²) < 4.78 is 5.92. The van der Waals surface area contributed by atoms with E-state index in [2.05, 4.69) is 40.3 Å². The molecule has 1 aromatic carbocycles. The molecule has 0 radical (unpaired) electrons. The fourth-order valence-electron chi connectivity index (χ4n) is 3.93. The summed E-state index contributed by atoms with van der Waals surface area (Å²) >= 11 is 1.85. The normalized spacial score (nSPS) is 11.7. The highest BCUT2D eigenvalue weighted by atomic mass is 32.2. The van der Waals surface area contributed by atoms with Gasteiger partial charge in [0.05, 0.1) is 11.0 Å². The summed E-state index contributed by atoms with van der Waals surface area (Å²) in [6.07, 6.45) is 11.4. The maximum atomic E-state index is 6.28. The van der Waals surface area contributed by atoms with Crippen LogP contribution in [0.5, 0.6) is 0 Å². The number of hydrogen-bond acceptors (Lipinski definition) is 5. The Kier molecular flexibility index (Phi) is 9.27. The van der Waals surface area contributed by atoms with E-state index in [0.29, 0.717) is 5.82 Å². The molecule has 3 N–H and O–H groups in total. The zero-order chi connectivity index (χ0) is 21.2. The average Bonchev–Trinajstić information content (AvgIpc) is 3.13. The minimum Gasteiger partial charge on any atom is -0.382 e. The third kappa shape index (κ3) is 5.88. The van der Waals surface area contributed by atoms with Crippen molar-refractivity contribution in [2.24, 2.45) is 0 Å². The molecular weight excluding hydrogens is 390 g/mol. The Morgan fingerprint density at radius 3 is 2.57 bits per heavy atom. The molecule has 30 heavy (non-hydrogen) atoms. The molecule has 0 aliphatic rings.